The first kappa shape index (κ1) is 8.63. The van der Waals surface area contributed by atoms with E-state index in [1.807, 2.05) is 11.9 Å². The number of halogens is 1. The molecule has 0 saturated carbocycles. The molecule has 0 radical (unpaired) electrons. The average molecular weight is 131 g/mol. The lowest BCUT2D eigenvalue weighted by molar-refractivity contribution is 0.321. The first-order valence-corrected chi connectivity index (χ1v) is 3.11. The maximum Gasteiger partial charge on any atom is 0.114 e. The maximum atomic E-state index is 12.1. The van der Waals surface area contributed by atoms with Crippen LogP contribution in [0.4, 0.5) is 4.39 Å². The molecule has 1 atom stereocenters. The summed E-state index contributed by atoms with van der Waals surface area (Å²) >= 11 is 0. The standard InChI is InChI=1S/C5H10FN.C2H4/c1-7-3-2-5(6)4-7;1-2/h5H,2-4H2,1H3;1-2H2. The molecule has 1 aliphatic rings. The van der Waals surface area contributed by atoms with Gasteiger partial charge in [0, 0.05) is 13.1 Å². The summed E-state index contributed by atoms with van der Waals surface area (Å²) in [6.45, 7) is 7.57. The van der Waals surface area contributed by atoms with Crippen molar-refractivity contribution in [1.29, 1.82) is 0 Å². The predicted octanol–water partition coefficient (Wildman–Crippen LogP) is 1.46. The van der Waals surface area contributed by atoms with Crippen LogP contribution >= 0.6 is 0 Å². The van der Waals surface area contributed by atoms with Gasteiger partial charge >= 0.3 is 0 Å². The third-order valence-electron chi connectivity index (χ3n) is 1.33. The fourth-order valence-corrected chi connectivity index (χ4v) is 0.881. The Morgan fingerprint density at radius 2 is 2.11 bits per heavy atom. The lowest BCUT2D eigenvalue weighted by Crippen LogP contribution is -2.13. The molecule has 1 unspecified atom stereocenters. The van der Waals surface area contributed by atoms with Crippen LogP contribution in [0.2, 0.25) is 0 Å². The van der Waals surface area contributed by atoms with Crippen LogP contribution in [-0.4, -0.2) is 31.2 Å². The van der Waals surface area contributed by atoms with E-state index in [0.717, 1.165) is 13.0 Å². The van der Waals surface area contributed by atoms with E-state index in [4.69, 9.17) is 0 Å². The van der Waals surface area contributed by atoms with Crippen molar-refractivity contribution in [1.82, 2.24) is 4.90 Å². The smallest absolute Gasteiger partial charge is 0.114 e. The number of nitrogens with zero attached hydrogens (tertiary/aromatic N) is 1. The molecule has 1 heterocycles. The van der Waals surface area contributed by atoms with Gasteiger partial charge in [-0.25, -0.2) is 4.39 Å². The van der Waals surface area contributed by atoms with Crippen LogP contribution in [0.1, 0.15) is 6.42 Å². The molecule has 0 N–H and O–H groups in total. The van der Waals surface area contributed by atoms with Crippen molar-refractivity contribution in [2.24, 2.45) is 0 Å². The Hall–Kier alpha value is -0.370. The number of rotatable bonds is 0. The SMILES string of the molecule is C=C.CN1CCC(F)C1. The summed E-state index contributed by atoms with van der Waals surface area (Å²) in [4.78, 5) is 2.00. The molecule has 0 amide bonds. The molecule has 0 aromatic carbocycles. The molecule has 1 fully saturated rings. The third kappa shape index (κ3) is 3.25. The first-order valence-electron chi connectivity index (χ1n) is 3.11. The molecule has 0 spiro atoms. The molecular weight excluding hydrogens is 117 g/mol. The fraction of sp³-hybridized carbons (Fsp3) is 0.714. The Kier molecular flexibility index (Phi) is 4.32. The zero-order valence-electron chi connectivity index (χ0n) is 5.94. The Morgan fingerprint density at radius 1 is 1.56 bits per heavy atom. The lowest BCUT2D eigenvalue weighted by Gasteiger charge is -2.01. The van der Waals surface area contributed by atoms with Gasteiger partial charge in [0.15, 0.2) is 0 Å². The summed E-state index contributed by atoms with van der Waals surface area (Å²) in [5, 5.41) is 0. The van der Waals surface area contributed by atoms with E-state index in [-0.39, 0.29) is 0 Å². The quantitative estimate of drug-likeness (QED) is 0.450. The summed E-state index contributed by atoms with van der Waals surface area (Å²) < 4.78 is 12.1. The number of likely N-dealkylation sites (tertiary alicyclic amines) is 1. The zero-order valence-corrected chi connectivity index (χ0v) is 5.94. The van der Waals surface area contributed by atoms with Crippen LogP contribution in [0.5, 0.6) is 0 Å². The molecule has 0 aliphatic carbocycles. The highest BCUT2D eigenvalue weighted by Gasteiger charge is 2.17. The minimum atomic E-state index is -0.551. The van der Waals surface area contributed by atoms with Gasteiger partial charge in [-0.05, 0) is 13.5 Å². The van der Waals surface area contributed by atoms with Gasteiger partial charge in [-0.1, -0.05) is 0 Å². The van der Waals surface area contributed by atoms with Crippen molar-refractivity contribution in [2.75, 3.05) is 20.1 Å². The van der Waals surface area contributed by atoms with Crippen molar-refractivity contribution in [3.63, 3.8) is 0 Å². The maximum absolute atomic E-state index is 12.1. The van der Waals surface area contributed by atoms with Gasteiger partial charge < -0.3 is 4.90 Å². The topological polar surface area (TPSA) is 3.24 Å². The van der Waals surface area contributed by atoms with E-state index in [1.54, 1.807) is 0 Å². The molecule has 1 rings (SSSR count). The van der Waals surface area contributed by atoms with Crippen molar-refractivity contribution in [2.45, 2.75) is 12.6 Å². The monoisotopic (exact) mass is 131 g/mol. The molecule has 0 aromatic rings. The Morgan fingerprint density at radius 3 is 2.22 bits per heavy atom. The molecule has 1 nitrogen and oxygen atoms in total. The molecule has 9 heavy (non-hydrogen) atoms. The van der Waals surface area contributed by atoms with Crippen LogP contribution in [0.25, 0.3) is 0 Å². The number of alkyl halides is 1. The van der Waals surface area contributed by atoms with Crippen LogP contribution in [0, 0.1) is 0 Å². The van der Waals surface area contributed by atoms with E-state index in [0.29, 0.717) is 6.54 Å². The van der Waals surface area contributed by atoms with Crippen LogP contribution in [0.3, 0.4) is 0 Å². The largest absolute Gasteiger partial charge is 0.303 e. The van der Waals surface area contributed by atoms with Crippen LogP contribution in [-0.2, 0) is 0 Å². The number of hydrogen-bond acceptors (Lipinski definition) is 1. The van der Waals surface area contributed by atoms with Gasteiger partial charge in [0.1, 0.15) is 6.17 Å². The van der Waals surface area contributed by atoms with Gasteiger partial charge in [-0.15, -0.1) is 13.2 Å². The second-order valence-electron chi connectivity index (χ2n) is 2.15. The van der Waals surface area contributed by atoms with Crippen LogP contribution in [0.15, 0.2) is 13.2 Å². The summed E-state index contributed by atoms with van der Waals surface area (Å²) in [6.07, 6.45) is 0.182. The van der Waals surface area contributed by atoms with E-state index in [2.05, 4.69) is 13.2 Å². The van der Waals surface area contributed by atoms with Crippen molar-refractivity contribution in [3.8, 4) is 0 Å². The summed E-state index contributed by atoms with van der Waals surface area (Å²) in [5.41, 5.74) is 0. The first-order chi connectivity index (χ1) is 4.29. The highest BCUT2D eigenvalue weighted by molar-refractivity contribution is 4.70. The number of hydrogen-bond donors (Lipinski definition) is 0. The van der Waals surface area contributed by atoms with E-state index in [9.17, 15) is 4.39 Å². The average Bonchev–Trinajstić information content (AvgIpc) is 2.20. The molecular formula is C7H14FN. The summed E-state index contributed by atoms with van der Waals surface area (Å²) in [7, 11) is 1.94. The Balaban J connectivity index is 0.000000291. The third-order valence-corrected chi connectivity index (χ3v) is 1.33. The molecule has 1 saturated heterocycles. The Bertz CT molecular complexity index is 67.3. The highest BCUT2D eigenvalue weighted by Crippen LogP contribution is 2.08. The van der Waals surface area contributed by atoms with E-state index < -0.39 is 6.17 Å². The van der Waals surface area contributed by atoms with Crippen molar-refractivity contribution >= 4 is 0 Å². The van der Waals surface area contributed by atoms with E-state index in [1.165, 1.54) is 0 Å². The second kappa shape index (κ2) is 4.50. The van der Waals surface area contributed by atoms with E-state index >= 15 is 0 Å². The second-order valence-corrected chi connectivity index (χ2v) is 2.15. The van der Waals surface area contributed by atoms with Gasteiger partial charge in [0.25, 0.3) is 0 Å². The van der Waals surface area contributed by atoms with Crippen molar-refractivity contribution in [3.05, 3.63) is 13.2 Å². The van der Waals surface area contributed by atoms with Gasteiger partial charge in [-0.3, -0.25) is 0 Å². The van der Waals surface area contributed by atoms with Gasteiger partial charge in [0.2, 0.25) is 0 Å². The molecule has 2 heteroatoms. The lowest BCUT2D eigenvalue weighted by atomic mass is 10.4. The summed E-state index contributed by atoms with van der Waals surface area (Å²) in [5.74, 6) is 0. The Labute approximate surface area is 56.2 Å². The minimum Gasteiger partial charge on any atom is -0.303 e. The fourth-order valence-electron chi connectivity index (χ4n) is 0.881. The zero-order chi connectivity index (χ0) is 7.28. The summed E-state index contributed by atoms with van der Waals surface area (Å²) in [6, 6.07) is 0. The molecule has 54 valence electrons. The minimum absolute atomic E-state index is 0.551. The van der Waals surface area contributed by atoms with Crippen LogP contribution < -0.4 is 0 Å². The normalized spacial score (nSPS) is 27.1. The van der Waals surface area contributed by atoms with Gasteiger partial charge in [0.05, 0.1) is 0 Å². The van der Waals surface area contributed by atoms with Crippen molar-refractivity contribution < 1.29 is 4.39 Å². The molecule has 0 aromatic heterocycles. The highest BCUT2D eigenvalue weighted by atomic mass is 19.1. The predicted molar refractivity (Wildman–Crippen MR) is 38.3 cm³/mol. The molecule has 0 bridgehead atoms. The van der Waals surface area contributed by atoms with Gasteiger partial charge in [-0.2, -0.15) is 0 Å². The molecule has 1 aliphatic heterocycles.